The van der Waals surface area contributed by atoms with Gasteiger partial charge in [-0.3, -0.25) is 48.3 Å². The Bertz CT molecular complexity index is 2830. The van der Waals surface area contributed by atoms with Crippen LogP contribution in [0, 0.1) is 11.8 Å². The van der Waals surface area contributed by atoms with Crippen LogP contribution >= 0.6 is 12.6 Å². The molecule has 5 rings (SSSR count). The van der Waals surface area contributed by atoms with E-state index in [-0.39, 0.29) is 17.1 Å². The molecule has 2 aromatic carbocycles. The van der Waals surface area contributed by atoms with Gasteiger partial charge in [0.2, 0.25) is 35.4 Å². The van der Waals surface area contributed by atoms with E-state index >= 15 is 0 Å². The number of aromatic nitrogens is 4. The zero-order valence-electron chi connectivity index (χ0n) is 43.6. The molecule has 75 heavy (non-hydrogen) atoms. The molecule has 1 fully saturated rings. The van der Waals surface area contributed by atoms with Crippen LogP contribution in [0.2, 0.25) is 0 Å². The number of benzene rings is 2. The predicted octanol–water partition coefficient (Wildman–Crippen LogP) is 0.149. The van der Waals surface area contributed by atoms with Crippen molar-refractivity contribution in [2.75, 3.05) is 47.2 Å². The van der Waals surface area contributed by atoms with Gasteiger partial charge >= 0.3 is 11.9 Å². The third-order valence-electron chi connectivity index (χ3n) is 12.7. The van der Waals surface area contributed by atoms with Gasteiger partial charge in [0.05, 0.1) is 34.5 Å². The molecule has 0 radical (unpaired) electrons. The lowest BCUT2D eigenvalue weighted by Crippen LogP contribution is -2.60. The van der Waals surface area contributed by atoms with Crippen LogP contribution in [-0.2, 0) is 47.8 Å². The zero-order valence-corrected chi connectivity index (χ0v) is 44.5. The molecule has 1 aliphatic heterocycles. The van der Waals surface area contributed by atoms with Crippen molar-refractivity contribution in [2.24, 2.45) is 11.8 Å². The second kappa shape index (κ2) is 25.4. The summed E-state index contributed by atoms with van der Waals surface area (Å²) in [6.45, 7) is 8.92. The SMILES string of the molecule is CC1NC(=O)C(NC(=O)c2cnc3ccccc3n2)COC(=O)[C@@H](C(C)C)N(C)C(=O)[C@H](CS)N(C)C(=O)C(C)NC(=O)[C@@H](NC(=O)c2cnc3ccccc3n2)COC(=O)C(C(C)C)N(C)C(=O)[C@H](C)N(C)C1=O. The van der Waals surface area contributed by atoms with Gasteiger partial charge < -0.3 is 50.3 Å². The van der Waals surface area contributed by atoms with E-state index in [0.29, 0.717) is 22.1 Å². The van der Waals surface area contributed by atoms with Crippen LogP contribution in [0.3, 0.4) is 0 Å². The number of hydrogen-bond donors (Lipinski definition) is 5. The van der Waals surface area contributed by atoms with Crippen molar-refractivity contribution in [3.8, 4) is 0 Å². The molecular weight excluding hydrogens is 993 g/mol. The first kappa shape index (κ1) is 58.1. The number of hydrogen-bond acceptors (Lipinski definition) is 17. The standard InChI is InChI=1S/C50H64N12O12S/c1-25(2)39-49(71)73-22-37(58-42(64)35-21-52-31-17-13-15-19-33(31)56-35)44(66)54-28(6)46(68)60(9)38(24-75)48(70)62(11)40(26(3)4)50(72)74-23-36(57-41(63)34-20-51-30-16-12-14-18-32(30)55-34)43(65)53-27(5)45(67)59(8)29(7)47(69)61(39)10/h12-21,25-29,36-40,75H,22-24H2,1-11H3,(H,53,65)(H,54,66)(H,57,63)(H,58,64)/t27?,28?,29-,36?,37-,38-,39?,40+/m0/s1. The largest absolute Gasteiger partial charge is 0.461 e. The number of cyclic esters (lactones) is 2. The number of nitrogens with zero attached hydrogens (tertiary/aromatic N) is 8. The fourth-order valence-corrected chi connectivity index (χ4v) is 8.66. The molecule has 0 bridgehead atoms. The normalized spacial score (nSPS) is 24.0. The van der Waals surface area contributed by atoms with E-state index in [2.05, 4.69) is 53.8 Å². The molecule has 1 aliphatic rings. The second-order valence-corrected chi connectivity index (χ2v) is 19.2. The molecule has 1 saturated heterocycles. The molecule has 0 saturated carbocycles. The molecule has 2 aromatic heterocycles. The van der Waals surface area contributed by atoms with E-state index in [1.807, 2.05) is 0 Å². The van der Waals surface area contributed by atoms with Crippen molar-refractivity contribution in [3.63, 3.8) is 0 Å². The van der Waals surface area contributed by atoms with Gasteiger partial charge in [0.1, 0.15) is 72.9 Å². The summed E-state index contributed by atoms with van der Waals surface area (Å²) in [5.41, 5.74) is 1.33. The molecule has 0 spiro atoms. The lowest BCUT2D eigenvalue weighted by atomic mass is 10.0. The second-order valence-electron chi connectivity index (χ2n) is 18.8. The molecule has 3 heterocycles. The maximum Gasteiger partial charge on any atom is 0.329 e. The zero-order chi connectivity index (χ0) is 55.6. The number of likely N-dealkylation sites (N-methyl/N-ethyl adjacent to an activating group) is 4. The highest BCUT2D eigenvalue weighted by molar-refractivity contribution is 7.80. The van der Waals surface area contributed by atoms with E-state index in [1.165, 1.54) is 61.4 Å². The van der Waals surface area contributed by atoms with Gasteiger partial charge in [0, 0.05) is 33.9 Å². The van der Waals surface area contributed by atoms with Gasteiger partial charge in [-0.05, 0) is 56.9 Å². The smallest absolute Gasteiger partial charge is 0.329 e. The Morgan fingerprint density at radius 1 is 0.587 bits per heavy atom. The fourth-order valence-electron chi connectivity index (χ4n) is 8.26. The molecule has 8 atom stereocenters. The van der Waals surface area contributed by atoms with Gasteiger partial charge in [0.15, 0.2) is 0 Å². The maximum atomic E-state index is 14.3. The Labute approximate surface area is 438 Å². The summed E-state index contributed by atoms with van der Waals surface area (Å²) in [4.78, 5) is 161. The summed E-state index contributed by atoms with van der Waals surface area (Å²) in [5.74, 6) is -10.3. The highest BCUT2D eigenvalue weighted by Gasteiger charge is 2.41. The highest BCUT2D eigenvalue weighted by Crippen LogP contribution is 2.19. The minimum Gasteiger partial charge on any atom is -0.461 e. The molecule has 8 amide bonds. The van der Waals surface area contributed by atoms with Crippen molar-refractivity contribution in [2.45, 2.75) is 96.8 Å². The topological polar surface area (TPSA) is 302 Å². The molecular formula is C50H64N12O12S. The van der Waals surface area contributed by atoms with Crippen molar-refractivity contribution >= 4 is 93.9 Å². The first-order valence-corrected chi connectivity index (χ1v) is 24.7. The number of thiol groups is 1. The first-order chi connectivity index (χ1) is 35.4. The number of ether oxygens (including phenoxy) is 2. The molecule has 25 heteroatoms. The van der Waals surface area contributed by atoms with Crippen molar-refractivity contribution in [3.05, 3.63) is 72.3 Å². The minimum absolute atomic E-state index is 0.192. The molecule has 4 unspecified atom stereocenters. The number of carbonyl (C=O) groups is 10. The van der Waals surface area contributed by atoms with E-state index in [0.717, 1.165) is 19.6 Å². The molecule has 0 aliphatic carbocycles. The van der Waals surface area contributed by atoms with Gasteiger partial charge in [-0.25, -0.2) is 19.6 Å². The summed E-state index contributed by atoms with van der Waals surface area (Å²) in [6.07, 6.45) is 2.38. The van der Waals surface area contributed by atoms with Crippen LogP contribution in [0.25, 0.3) is 22.1 Å². The Kier molecular flexibility index (Phi) is 19.7. The van der Waals surface area contributed by atoms with E-state index in [1.54, 1.807) is 76.2 Å². The maximum absolute atomic E-state index is 14.3. The average molecular weight is 1060 g/mol. The van der Waals surface area contributed by atoms with Crippen LogP contribution in [0.1, 0.15) is 69.4 Å². The molecule has 402 valence electrons. The van der Waals surface area contributed by atoms with Gasteiger partial charge in [0.25, 0.3) is 11.8 Å². The quantitative estimate of drug-likeness (QED) is 0.122. The molecule has 24 nitrogen and oxygen atoms in total. The molecule has 4 N–H and O–H groups in total. The van der Waals surface area contributed by atoms with Crippen LogP contribution in [-0.4, -0.2) is 194 Å². The lowest BCUT2D eigenvalue weighted by Gasteiger charge is -2.36. The lowest BCUT2D eigenvalue weighted by molar-refractivity contribution is -0.160. The average Bonchev–Trinajstić information content (AvgIpc) is 3.38. The van der Waals surface area contributed by atoms with Crippen LogP contribution < -0.4 is 21.3 Å². The fraction of sp³-hybridized carbons (Fsp3) is 0.480. The van der Waals surface area contributed by atoms with E-state index < -0.39 is 133 Å². The predicted molar refractivity (Wildman–Crippen MR) is 274 cm³/mol. The monoisotopic (exact) mass is 1060 g/mol. The summed E-state index contributed by atoms with van der Waals surface area (Å²) in [5, 5.41) is 10.0. The Morgan fingerprint density at radius 2 is 0.960 bits per heavy atom. The Balaban J connectivity index is 1.50. The number of rotatable bonds is 7. The highest BCUT2D eigenvalue weighted by atomic mass is 32.1. The third-order valence-corrected chi connectivity index (χ3v) is 13.0. The number of nitrogens with one attached hydrogen (secondary N) is 4. The summed E-state index contributed by atoms with van der Waals surface area (Å²) in [6, 6.07) is 2.12. The van der Waals surface area contributed by atoms with Crippen LogP contribution in [0.5, 0.6) is 0 Å². The van der Waals surface area contributed by atoms with Crippen LogP contribution in [0.15, 0.2) is 60.9 Å². The van der Waals surface area contributed by atoms with E-state index in [4.69, 9.17) is 9.47 Å². The number of carbonyl (C=O) groups excluding carboxylic acids is 10. The van der Waals surface area contributed by atoms with E-state index in [9.17, 15) is 47.9 Å². The number of amides is 8. The number of esters is 2. The minimum atomic E-state index is -1.67. The number of fused-ring (bicyclic) bond motifs is 2. The summed E-state index contributed by atoms with van der Waals surface area (Å²) < 4.78 is 11.3. The van der Waals surface area contributed by atoms with Crippen molar-refractivity contribution in [1.82, 2.24) is 60.8 Å². The van der Waals surface area contributed by atoms with Crippen LogP contribution in [0.4, 0.5) is 0 Å². The first-order valence-electron chi connectivity index (χ1n) is 24.0. The van der Waals surface area contributed by atoms with Gasteiger partial charge in [-0.2, -0.15) is 12.6 Å². The Hall–Kier alpha value is -7.83. The van der Waals surface area contributed by atoms with Gasteiger partial charge in [-0.15, -0.1) is 0 Å². The van der Waals surface area contributed by atoms with Crippen molar-refractivity contribution < 1.29 is 57.4 Å². The molecule has 4 aromatic rings. The van der Waals surface area contributed by atoms with Crippen molar-refractivity contribution in [1.29, 1.82) is 0 Å². The summed E-state index contributed by atoms with van der Waals surface area (Å²) >= 11 is 4.36. The number of para-hydroxylation sites is 4. The third kappa shape index (κ3) is 13.9. The summed E-state index contributed by atoms with van der Waals surface area (Å²) in [7, 11) is 5.21. The Morgan fingerprint density at radius 3 is 1.35 bits per heavy atom. The van der Waals surface area contributed by atoms with Gasteiger partial charge in [-0.1, -0.05) is 52.0 Å².